The number of benzene rings is 1. The third kappa shape index (κ3) is 3.09. The summed E-state index contributed by atoms with van der Waals surface area (Å²) in [4.78, 5) is 15.4. The van der Waals surface area contributed by atoms with Gasteiger partial charge in [0.05, 0.1) is 11.6 Å². The zero-order valence-corrected chi connectivity index (χ0v) is 13.9. The molecule has 118 valence electrons. The first-order chi connectivity index (χ1) is 10.5. The molecule has 0 amide bonds. The second-order valence-corrected chi connectivity index (χ2v) is 7.01. The van der Waals surface area contributed by atoms with Gasteiger partial charge in [-0.05, 0) is 67.8 Å². The summed E-state index contributed by atoms with van der Waals surface area (Å²) in [6, 6.07) is 6.99. The monoisotopic (exact) mass is 299 g/mol. The van der Waals surface area contributed by atoms with E-state index < -0.39 is 0 Å². The number of aromatic nitrogens is 1. The number of hydrogen-bond acceptors (Lipinski definition) is 1. The van der Waals surface area contributed by atoms with E-state index in [0.717, 1.165) is 28.9 Å². The van der Waals surface area contributed by atoms with Crippen LogP contribution in [-0.4, -0.2) is 11.0 Å². The molecule has 1 aromatic heterocycles. The number of aromatic amines is 1. The summed E-state index contributed by atoms with van der Waals surface area (Å²) in [7, 11) is 0. The summed E-state index contributed by atoms with van der Waals surface area (Å²) in [5.41, 5.74) is 4.40. The highest BCUT2D eigenvalue weighted by molar-refractivity contribution is 5.80. The summed E-state index contributed by atoms with van der Waals surface area (Å²) in [6.45, 7) is 7.33. The topological polar surface area (TPSA) is 49.5 Å². The molecule has 22 heavy (non-hydrogen) atoms. The molecule has 1 fully saturated rings. The van der Waals surface area contributed by atoms with E-state index in [-0.39, 0.29) is 5.56 Å². The second kappa shape index (κ2) is 6.25. The van der Waals surface area contributed by atoms with Gasteiger partial charge in [0.15, 0.2) is 0 Å². The molecule has 2 aromatic rings. The van der Waals surface area contributed by atoms with Gasteiger partial charge in [-0.1, -0.05) is 13.3 Å². The van der Waals surface area contributed by atoms with Gasteiger partial charge in [-0.15, -0.1) is 0 Å². The SMILES string of the molecule is Cc1cc2cc(C[NH2+][C@@H]3CCCC[C@@H]3C)c(=O)[nH]c2cc1C. The zero-order valence-electron chi connectivity index (χ0n) is 13.9. The second-order valence-electron chi connectivity index (χ2n) is 7.01. The van der Waals surface area contributed by atoms with Crippen LogP contribution in [0.5, 0.6) is 0 Å². The molecule has 0 saturated heterocycles. The predicted molar refractivity (Wildman–Crippen MR) is 91.1 cm³/mol. The molecular weight excluding hydrogens is 272 g/mol. The molecule has 1 aromatic carbocycles. The van der Waals surface area contributed by atoms with Crippen molar-refractivity contribution in [3.8, 4) is 0 Å². The Balaban J connectivity index is 1.83. The molecule has 3 N–H and O–H groups in total. The normalized spacial score (nSPS) is 22.1. The van der Waals surface area contributed by atoms with E-state index >= 15 is 0 Å². The van der Waals surface area contributed by atoms with Crippen LogP contribution >= 0.6 is 0 Å². The van der Waals surface area contributed by atoms with Crippen LogP contribution in [0.2, 0.25) is 0 Å². The van der Waals surface area contributed by atoms with Gasteiger partial charge >= 0.3 is 0 Å². The maximum absolute atomic E-state index is 12.3. The van der Waals surface area contributed by atoms with Gasteiger partial charge in [0.25, 0.3) is 5.56 Å². The summed E-state index contributed by atoms with van der Waals surface area (Å²) in [6.07, 6.45) is 5.30. The van der Waals surface area contributed by atoms with Gasteiger partial charge in [0, 0.05) is 11.4 Å². The fourth-order valence-electron chi connectivity index (χ4n) is 3.65. The molecule has 1 aliphatic carbocycles. The van der Waals surface area contributed by atoms with Crippen LogP contribution in [0, 0.1) is 19.8 Å². The number of aryl methyl sites for hydroxylation is 2. The standard InChI is InChI=1S/C19H26N2O/c1-12-6-4-5-7-17(12)20-11-16-10-15-8-13(2)14(3)9-18(15)21-19(16)22/h8-10,12,17,20H,4-7,11H2,1-3H3,(H,21,22)/p+1/t12-,17+/m0/s1. The maximum Gasteiger partial charge on any atom is 0.257 e. The van der Waals surface area contributed by atoms with Gasteiger partial charge in [0.1, 0.15) is 6.54 Å². The minimum Gasteiger partial charge on any atom is -0.340 e. The highest BCUT2D eigenvalue weighted by Crippen LogP contribution is 2.21. The van der Waals surface area contributed by atoms with Crippen molar-refractivity contribution in [2.45, 2.75) is 59.0 Å². The van der Waals surface area contributed by atoms with Crippen molar-refractivity contribution in [1.82, 2.24) is 4.98 Å². The lowest BCUT2D eigenvalue weighted by Gasteiger charge is -2.26. The lowest BCUT2D eigenvalue weighted by molar-refractivity contribution is -0.712. The molecule has 0 bridgehead atoms. The number of H-pyrrole nitrogens is 1. The number of nitrogens with one attached hydrogen (secondary N) is 1. The third-order valence-electron chi connectivity index (χ3n) is 5.35. The highest BCUT2D eigenvalue weighted by atomic mass is 16.1. The quantitative estimate of drug-likeness (QED) is 0.899. The minimum atomic E-state index is 0.0652. The van der Waals surface area contributed by atoms with Gasteiger partial charge in [-0.25, -0.2) is 0 Å². The Hall–Kier alpha value is -1.61. The number of pyridine rings is 1. The Bertz CT molecular complexity index is 732. The molecule has 1 saturated carbocycles. The maximum atomic E-state index is 12.3. The molecule has 3 nitrogen and oxygen atoms in total. The molecular formula is C19H27N2O+. The molecule has 3 rings (SSSR count). The Morgan fingerprint density at radius 1 is 1.14 bits per heavy atom. The smallest absolute Gasteiger partial charge is 0.257 e. The first kappa shape index (κ1) is 15.3. The summed E-state index contributed by atoms with van der Waals surface area (Å²) < 4.78 is 0. The number of fused-ring (bicyclic) bond motifs is 1. The van der Waals surface area contributed by atoms with E-state index in [0.29, 0.717) is 6.04 Å². The Morgan fingerprint density at radius 3 is 2.64 bits per heavy atom. The average Bonchev–Trinajstić information content (AvgIpc) is 2.48. The van der Waals surface area contributed by atoms with E-state index in [2.05, 4.69) is 49.3 Å². The van der Waals surface area contributed by atoms with Crippen molar-refractivity contribution in [2.75, 3.05) is 0 Å². The molecule has 0 unspecified atom stereocenters. The predicted octanol–water partition coefficient (Wildman–Crippen LogP) is 2.79. The lowest BCUT2D eigenvalue weighted by Crippen LogP contribution is -2.90. The number of rotatable bonds is 3. The molecule has 0 radical (unpaired) electrons. The number of quaternary nitrogens is 1. The average molecular weight is 299 g/mol. The highest BCUT2D eigenvalue weighted by Gasteiger charge is 2.24. The molecule has 1 heterocycles. The fraction of sp³-hybridized carbons (Fsp3) is 0.526. The van der Waals surface area contributed by atoms with Crippen LogP contribution in [0.3, 0.4) is 0 Å². The van der Waals surface area contributed by atoms with Crippen LogP contribution in [0.4, 0.5) is 0 Å². The number of hydrogen-bond donors (Lipinski definition) is 2. The minimum absolute atomic E-state index is 0.0652. The van der Waals surface area contributed by atoms with Gasteiger partial charge in [-0.2, -0.15) is 0 Å². The van der Waals surface area contributed by atoms with Crippen LogP contribution in [0.1, 0.15) is 49.3 Å². The molecule has 2 atom stereocenters. The van der Waals surface area contributed by atoms with E-state index in [4.69, 9.17) is 0 Å². The number of nitrogens with two attached hydrogens (primary N) is 1. The van der Waals surface area contributed by atoms with Crippen LogP contribution in [-0.2, 0) is 6.54 Å². The fourth-order valence-corrected chi connectivity index (χ4v) is 3.65. The molecule has 0 spiro atoms. The largest absolute Gasteiger partial charge is 0.340 e. The summed E-state index contributed by atoms with van der Waals surface area (Å²) in [5.74, 6) is 0.762. The zero-order chi connectivity index (χ0) is 15.7. The Morgan fingerprint density at radius 2 is 1.86 bits per heavy atom. The van der Waals surface area contributed by atoms with Crippen LogP contribution in [0.25, 0.3) is 10.9 Å². The van der Waals surface area contributed by atoms with E-state index in [1.165, 1.54) is 36.8 Å². The van der Waals surface area contributed by atoms with Gasteiger partial charge in [0.2, 0.25) is 0 Å². The van der Waals surface area contributed by atoms with Crippen molar-refractivity contribution in [2.24, 2.45) is 5.92 Å². The van der Waals surface area contributed by atoms with Crippen molar-refractivity contribution in [1.29, 1.82) is 0 Å². The summed E-state index contributed by atoms with van der Waals surface area (Å²) in [5, 5.41) is 3.52. The Labute approximate surface area is 132 Å². The molecule has 3 heteroatoms. The van der Waals surface area contributed by atoms with Crippen molar-refractivity contribution >= 4 is 10.9 Å². The third-order valence-corrected chi connectivity index (χ3v) is 5.35. The molecule has 0 aliphatic heterocycles. The van der Waals surface area contributed by atoms with E-state index in [9.17, 15) is 4.79 Å². The van der Waals surface area contributed by atoms with Crippen molar-refractivity contribution < 1.29 is 5.32 Å². The van der Waals surface area contributed by atoms with Crippen LogP contribution < -0.4 is 10.9 Å². The van der Waals surface area contributed by atoms with E-state index in [1.807, 2.05) is 0 Å². The van der Waals surface area contributed by atoms with E-state index in [1.54, 1.807) is 0 Å². The van der Waals surface area contributed by atoms with Crippen molar-refractivity contribution in [3.05, 3.63) is 45.2 Å². The molecule has 1 aliphatic rings. The van der Waals surface area contributed by atoms with Crippen molar-refractivity contribution in [3.63, 3.8) is 0 Å². The first-order valence-corrected chi connectivity index (χ1v) is 8.51. The van der Waals surface area contributed by atoms with Gasteiger partial charge < -0.3 is 10.3 Å². The Kier molecular flexibility index (Phi) is 4.34. The summed E-state index contributed by atoms with van der Waals surface area (Å²) >= 11 is 0. The van der Waals surface area contributed by atoms with Crippen LogP contribution in [0.15, 0.2) is 23.0 Å². The lowest BCUT2D eigenvalue weighted by atomic mass is 9.86. The first-order valence-electron chi connectivity index (χ1n) is 8.51. The van der Waals surface area contributed by atoms with Gasteiger partial charge in [-0.3, -0.25) is 4.79 Å².